The third-order valence-electron chi connectivity index (χ3n) is 3.57. The predicted molar refractivity (Wildman–Crippen MR) is 79.5 cm³/mol. The van der Waals surface area contributed by atoms with Crippen LogP contribution in [0.4, 0.5) is 0 Å². The van der Waals surface area contributed by atoms with Crippen LogP contribution in [0.1, 0.15) is 25.3 Å². The molecule has 6 heteroatoms. The van der Waals surface area contributed by atoms with Crippen LogP contribution in [0.25, 0.3) is 0 Å². The van der Waals surface area contributed by atoms with Crippen molar-refractivity contribution in [3.8, 4) is 17.6 Å². The van der Waals surface area contributed by atoms with E-state index in [1.165, 1.54) is 23.5 Å². The summed E-state index contributed by atoms with van der Waals surface area (Å²) in [5, 5.41) is 8.79. The highest BCUT2D eigenvalue weighted by molar-refractivity contribution is 7.89. The molecule has 1 atom stereocenters. The summed E-state index contributed by atoms with van der Waals surface area (Å²) in [6.07, 6.45) is 1.76. The Bertz CT molecular complexity index is 673. The highest BCUT2D eigenvalue weighted by Crippen LogP contribution is 2.28. The van der Waals surface area contributed by atoms with Gasteiger partial charge in [0.05, 0.1) is 17.6 Å². The van der Waals surface area contributed by atoms with Crippen LogP contribution in [-0.4, -0.2) is 44.1 Å². The number of hydrogen-bond donors (Lipinski definition) is 1. The molecule has 1 aromatic carbocycles. The Balaban J connectivity index is 2.44. The largest absolute Gasteiger partial charge is 0.495 e. The second-order valence-electron chi connectivity index (χ2n) is 4.93. The Morgan fingerprint density at radius 2 is 2.24 bits per heavy atom. The van der Waals surface area contributed by atoms with Crippen LogP contribution in [0.5, 0.6) is 5.75 Å². The first-order chi connectivity index (χ1) is 10.0. The van der Waals surface area contributed by atoms with Crippen LogP contribution in [0.15, 0.2) is 23.1 Å². The molecule has 0 aliphatic carbocycles. The number of rotatable bonds is 3. The smallest absolute Gasteiger partial charge is 0.243 e. The molecular formula is C15H19NO4S. The first-order valence-corrected chi connectivity index (χ1v) is 8.24. The van der Waals surface area contributed by atoms with E-state index >= 15 is 0 Å². The van der Waals surface area contributed by atoms with Gasteiger partial charge in [0, 0.05) is 12.6 Å². The topological polar surface area (TPSA) is 66.8 Å². The van der Waals surface area contributed by atoms with Crippen molar-refractivity contribution in [2.75, 3.05) is 20.3 Å². The van der Waals surface area contributed by atoms with Crippen molar-refractivity contribution >= 4 is 10.0 Å². The summed E-state index contributed by atoms with van der Waals surface area (Å²) in [6.45, 7) is 2.18. The third-order valence-corrected chi connectivity index (χ3v) is 5.58. The van der Waals surface area contributed by atoms with E-state index < -0.39 is 10.0 Å². The molecule has 0 amide bonds. The van der Waals surface area contributed by atoms with Crippen LogP contribution in [0.2, 0.25) is 0 Å². The van der Waals surface area contributed by atoms with Crippen LogP contribution in [0.3, 0.4) is 0 Å². The van der Waals surface area contributed by atoms with E-state index in [2.05, 4.69) is 11.8 Å². The zero-order valence-electron chi connectivity index (χ0n) is 12.2. The zero-order valence-corrected chi connectivity index (χ0v) is 13.0. The number of methoxy groups -OCH3 is 1. The maximum atomic E-state index is 12.7. The first-order valence-electron chi connectivity index (χ1n) is 6.80. The Labute approximate surface area is 125 Å². The van der Waals surface area contributed by atoms with E-state index in [1.54, 1.807) is 6.07 Å². The molecule has 1 fully saturated rings. The van der Waals surface area contributed by atoms with Gasteiger partial charge >= 0.3 is 0 Å². The minimum atomic E-state index is -3.51. The third kappa shape index (κ3) is 3.21. The van der Waals surface area contributed by atoms with Crippen LogP contribution < -0.4 is 4.74 Å². The molecule has 1 unspecified atom stereocenters. The lowest BCUT2D eigenvalue weighted by molar-refractivity contribution is 0.350. The molecule has 0 saturated carbocycles. The highest BCUT2D eigenvalue weighted by atomic mass is 32.2. The molecule has 1 aliphatic rings. The molecule has 1 aromatic rings. The average molecular weight is 309 g/mol. The number of aliphatic hydroxyl groups is 1. The molecule has 1 heterocycles. The Morgan fingerprint density at radius 1 is 1.48 bits per heavy atom. The van der Waals surface area contributed by atoms with Gasteiger partial charge in [-0.2, -0.15) is 4.31 Å². The van der Waals surface area contributed by atoms with Gasteiger partial charge in [0.1, 0.15) is 12.4 Å². The van der Waals surface area contributed by atoms with Crippen molar-refractivity contribution in [1.29, 1.82) is 0 Å². The quantitative estimate of drug-likeness (QED) is 0.852. The molecule has 2 rings (SSSR count). The summed E-state index contributed by atoms with van der Waals surface area (Å²) in [4.78, 5) is 0.208. The normalized spacial score (nSPS) is 19.1. The lowest BCUT2D eigenvalue weighted by atomic mass is 10.2. The number of benzene rings is 1. The number of sulfonamides is 1. The van der Waals surface area contributed by atoms with E-state index in [0.29, 0.717) is 17.9 Å². The molecule has 1 aliphatic heterocycles. The number of ether oxygens (including phenoxy) is 1. The van der Waals surface area contributed by atoms with Gasteiger partial charge in [0.25, 0.3) is 0 Å². The predicted octanol–water partition coefficient (Wildman–Crippen LogP) is 1.21. The van der Waals surface area contributed by atoms with Crippen LogP contribution >= 0.6 is 0 Å². The fraction of sp³-hybridized carbons (Fsp3) is 0.467. The maximum Gasteiger partial charge on any atom is 0.243 e. The molecule has 0 spiro atoms. The van der Waals surface area contributed by atoms with Crippen molar-refractivity contribution in [3.63, 3.8) is 0 Å². The van der Waals surface area contributed by atoms with Crippen LogP contribution in [0, 0.1) is 11.8 Å². The minimum Gasteiger partial charge on any atom is -0.495 e. The summed E-state index contributed by atoms with van der Waals surface area (Å²) in [7, 11) is -2.02. The van der Waals surface area contributed by atoms with Gasteiger partial charge in [-0.25, -0.2) is 8.42 Å². The molecule has 0 aromatic heterocycles. The van der Waals surface area contributed by atoms with E-state index in [0.717, 1.165) is 12.8 Å². The molecule has 21 heavy (non-hydrogen) atoms. The SMILES string of the molecule is COc1ccc(S(=O)(=O)N2CCCC2C)cc1C#CCO. The molecular weight excluding hydrogens is 290 g/mol. The van der Waals surface area contributed by atoms with Gasteiger partial charge in [0.2, 0.25) is 10.0 Å². The molecule has 1 N–H and O–H groups in total. The van der Waals surface area contributed by atoms with Gasteiger partial charge in [-0.05, 0) is 38.0 Å². The van der Waals surface area contributed by atoms with E-state index in [9.17, 15) is 8.42 Å². The highest BCUT2D eigenvalue weighted by Gasteiger charge is 2.32. The Hall–Kier alpha value is -1.55. The maximum absolute atomic E-state index is 12.7. The van der Waals surface area contributed by atoms with E-state index in [-0.39, 0.29) is 17.5 Å². The average Bonchev–Trinajstić information content (AvgIpc) is 2.91. The monoisotopic (exact) mass is 309 g/mol. The second-order valence-corrected chi connectivity index (χ2v) is 6.82. The lowest BCUT2D eigenvalue weighted by Gasteiger charge is -2.21. The summed E-state index contributed by atoms with van der Waals surface area (Å²) < 4.78 is 32.0. The fourth-order valence-electron chi connectivity index (χ4n) is 2.48. The van der Waals surface area contributed by atoms with Gasteiger partial charge in [-0.15, -0.1) is 0 Å². The van der Waals surface area contributed by atoms with E-state index in [4.69, 9.17) is 9.84 Å². The van der Waals surface area contributed by atoms with Crippen molar-refractivity contribution in [2.45, 2.75) is 30.7 Å². The lowest BCUT2D eigenvalue weighted by Crippen LogP contribution is -2.33. The molecule has 5 nitrogen and oxygen atoms in total. The van der Waals surface area contributed by atoms with Crippen molar-refractivity contribution in [1.82, 2.24) is 4.31 Å². The number of aliphatic hydroxyl groups excluding tert-OH is 1. The molecule has 0 radical (unpaired) electrons. The number of nitrogens with zero attached hydrogens (tertiary/aromatic N) is 1. The van der Waals surface area contributed by atoms with Gasteiger partial charge in [-0.1, -0.05) is 11.8 Å². The van der Waals surface area contributed by atoms with Crippen molar-refractivity contribution in [3.05, 3.63) is 23.8 Å². The Morgan fingerprint density at radius 3 is 2.81 bits per heavy atom. The van der Waals surface area contributed by atoms with Gasteiger partial charge in [0.15, 0.2) is 0 Å². The van der Waals surface area contributed by atoms with Gasteiger partial charge < -0.3 is 9.84 Å². The summed E-state index contributed by atoms with van der Waals surface area (Å²) >= 11 is 0. The van der Waals surface area contributed by atoms with Gasteiger partial charge in [-0.3, -0.25) is 0 Å². The number of hydrogen-bond acceptors (Lipinski definition) is 4. The summed E-state index contributed by atoms with van der Waals surface area (Å²) in [5.41, 5.74) is 0.458. The Kier molecular flexibility index (Phi) is 4.88. The minimum absolute atomic E-state index is 0.0177. The standard InChI is InChI=1S/C15H19NO4S/c1-12-5-3-9-16(12)21(18,19)14-7-8-15(20-2)13(11-14)6-4-10-17/h7-8,11-12,17H,3,5,9-10H2,1-2H3. The van der Waals surface area contributed by atoms with Crippen molar-refractivity contribution in [2.24, 2.45) is 0 Å². The summed E-state index contributed by atoms with van der Waals surface area (Å²) in [5.74, 6) is 5.72. The first kappa shape index (κ1) is 15.8. The van der Waals surface area contributed by atoms with Crippen LogP contribution in [-0.2, 0) is 10.0 Å². The molecule has 114 valence electrons. The summed E-state index contributed by atoms with van der Waals surface area (Å²) in [6, 6.07) is 4.64. The molecule has 0 bridgehead atoms. The zero-order chi connectivity index (χ0) is 15.5. The fourth-order valence-corrected chi connectivity index (χ4v) is 4.21. The van der Waals surface area contributed by atoms with E-state index in [1.807, 2.05) is 6.92 Å². The second kappa shape index (κ2) is 6.48. The molecule has 1 saturated heterocycles. The van der Waals surface area contributed by atoms with Crippen molar-refractivity contribution < 1.29 is 18.3 Å².